The summed E-state index contributed by atoms with van der Waals surface area (Å²) >= 11 is 1.46. The van der Waals surface area contributed by atoms with Crippen LogP contribution < -0.4 is 5.32 Å². The Morgan fingerprint density at radius 2 is 2.14 bits per heavy atom. The van der Waals surface area contributed by atoms with E-state index in [9.17, 15) is 4.79 Å². The summed E-state index contributed by atoms with van der Waals surface area (Å²) in [5, 5.41) is 13.0. The number of hydrogen-bond donors (Lipinski definition) is 1. The molecule has 5 nitrogen and oxygen atoms in total. The third-order valence-corrected chi connectivity index (χ3v) is 4.42. The Morgan fingerprint density at radius 3 is 2.86 bits per heavy atom. The van der Waals surface area contributed by atoms with Gasteiger partial charge in [0.05, 0.1) is 10.6 Å². The molecular formula is C16H16N4OS. The Hall–Kier alpha value is -2.47. The lowest BCUT2D eigenvalue weighted by Crippen LogP contribution is -2.13. The smallest absolute Gasteiger partial charge is 0.266 e. The summed E-state index contributed by atoms with van der Waals surface area (Å²) in [6.07, 6.45) is 2.49. The van der Waals surface area contributed by atoms with Crippen molar-refractivity contribution < 1.29 is 4.79 Å². The number of aromatic nitrogens is 3. The Balaban J connectivity index is 1.94. The molecule has 0 bridgehead atoms. The Bertz CT molecular complexity index is 806. The van der Waals surface area contributed by atoms with Gasteiger partial charge in [-0.1, -0.05) is 19.1 Å². The van der Waals surface area contributed by atoms with Crippen molar-refractivity contribution in [2.24, 2.45) is 7.05 Å². The van der Waals surface area contributed by atoms with Crippen LogP contribution in [0.25, 0.3) is 11.4 Å². The van der Waals surface area contributed by atoms with Gasteiger partial charge in [-0.2, -0.15) is 0 Å². The third kappa shape index (κ3) is 2.65. The second kappa shape index (κ2) is 6.11. The highest BCUT2D eigenvalue weighted by molar-refractivity contribution is 7.12. The molecule has 0 aliphatic heterocycles. The largest absolute Gasteiger partial charge is 0.321 e. The van der Waals surface area contributed by atoms with Crippen LogP contribution in [0.15, 0.2) is 42.0 Å². The zero-order valence-corrected chi connectivity index (χ0v) is 13.2. The fourth-order valence-corrected chi connectivity index (χ4v) is 3.20. The fraction of sp³-hybridized carbons (Fsp3) is 0.188. The van der Waals surface area contributed by atoms with E-state index in [1.165, 1.54) is 11.3 Å². The van der Waals surface area contributed by atoms with Crippen molar-refractivity contribution in [1.29, 1.82) is 0 Å². The molecule has 0 saturated carbocycles. The van der Waals surface area contributed by atoms with Gasteiger partial charge in [-0.05, 0) is 35.6 Å². The SMILES string of the molecule is CCc1ccsc1C(=O)Nc1ccccc1-c1nncn1C. The lowest BCUT2D eigenvalue weighted by molar-refractivity contribution is 0.103. The molecular weight excluding hydrogens is 296 g/mol. The molecule has 3 rings (SSSR count). The topological polar surface area (TPSA) is 59.8 Å². The summed E-state index contributed by atoms with van der Waals surface area (Å²) in [7, 11) is 1.88. The van der Waals surface area contributed by atoms with Gasteiger partial charge in [0.25, 0.3) is 5.91 Å². The molecule has 22 heavy (non-hydrogen) atoms. The molecule has 0 radical (unpaired) electrons. The van der Waals surface area contributed by atoms with E-state index in [0.717, 1.165) is 33.9 Å². The van der Waals surface area contributed by atoms with Crippen molar-refractivity contribution in [3.63, 3.8) is 0 Å². The van der Waals surface area contributed by atoms with Crippen molar-refractivity contribution in [2.45, 2.75) is 13.3 Å². The lowest BCUT2D eigenvalue weighted by atomic mass is 10.1. The molecule has 2 heterocycles. The van der Waals surface area contributed by atoms with E-state index in [-0.39, 0.29) is 5.91 Å². The Kier molecular flexibility index (Phi) is 4.02. The molecule has 0 fully saturated rings. The van der Waals surface area contributed by atoms with Crippen LogP contribution in [-0.4, -0.2) is 20.7 Å². The maximum atomic E-state index is 12.5. The molecule has 0 atom stereocenters. The predicted molar refractivity (Wildman–Crippen MR) is 88.1 cm³/mol. The maximum absolute atomic E-state index is 12.5. The lowest BCUT2D eigenvalue weighted by Gasteiger charge is -2.10. The molecule has 1 N–H and O–H groups in total. The van der Waals surface area contributed by atoms with Crippen molar-refractivity contribution in [2.75, 3.05) is 5.32 Å². The van der Waals surface area contributed by atoms with E-state index in [4.69, 9.17) is 0 Å². The average Bonchev–Trinajstić information content (AvgIpc) is 3.16. The minimum Gasteiger partial charge on any atom is -0.321 e. The number of carbonyl (C=O) groups is 1. The van der Waals surface area contributed by atoms with Gasteiger partial charge in [-0.3, -0.25) is 4.79 Å². The molecule has 0 aliphatic carbocycles. The molecule has 1 aromatic carbocycles. The zero-order valence-electron chi connectivity index (χ0n) is 12.4. The van der Waals surface area contributed by atoms with Gasteiger partial charge in [-0.25, -0.2) is 0 Å². The summed E-state index contributed by atoms with van der Waals surface area (Å²) in [5.41, 5.74) is 2.66. The van der Waals surface area contributed by atoms with Gasteiger partial charge in [0, 0.05) is 12.6 Å². The number of rotatable bonds is 4. The van der Waals surface area contributed by atoms with Gasteiger partial charge < -0.3 is 9.88 Å². The van der Waals surface area contributed by atoms with E-state index >= 15 is 0 Å². The number of nitrogens with one attached hydrogen (secondary N) is 1. The molecule has 0 unspecified atom stereocenters. The second-order valence-electron chi connectivity index (χ2n) is 4.89. The van der Waals surface area contributed by atoms with Crippen LogP contribution in [0.5, 0.6) is 0 Å². The minimum absolute atomic E-state index is 0.0820. The highest BCUT2D eigenvalue weighted by Gasteiger charge is 2.16. The summed E-state index contributed by atoms with van der Waals surface area (Å²) in [6.45, 7) is 2.05. The number of para-hydroxylation sites is 1. The van der Waals surface area contributed by atoms with Crippen LogP contribution in [0.3, 0.4) is 0 Å². The monoisotopic (exact) mass is 312 g/mol. The number of nitrogens with zero attached hydrogens (tertiary/aromatic N) is 3. The second-order valence-corrected chi connectivity index (χ2v) is 5.81. The van der Waals surface area contributed by atoms with E-state index in [1.54, 1.807) is 6.33 Å². The summed E-state index contributed by atoms with van der Waals surface area (Å²) < 4.78 is 1.83. The first-order chi connectivity index (χ1) is 10.7. The van der Waals surface area contributed by atoms with Gasteiger partial charge >= 0.3 is 0 Å². The molecule has 1 amide bonds. The van der Waals surface area contributed by atoms with Crippen LogP contribution in [0.1, 0.15) is 22.2 Å². The quantitative estimate of drug-likeness (QED) is 0.803. The standard InChI is InChI=1S/C16H16N4OS/c1-3-11-8-9-22-14(11)16(21)18-13-7-5-4-6-12(13)15-19-17-10-20(15)2/h4-10H,3H2,1-2H3,(H,18,21). The normalized spacial score (nSPS) is 10.6. The number of thiophene rings is 1. The van der Waals surface area contributed by atoms with Crippen LogP contribution in [0.2, 0.25) is 0 Å². The van der Waals surface area contributed by atoms with Crippen LogP contribution >= 0.6 is 11.3 Å². The summed E-state index contributed by atoms with van der Waals surface area (Å²) in [6, 6.07) is 9.61. The number of benzene rings is 1. The highest BCUT2D eigenvalue weighted by Crippen LogP contribution is 2.27. The third-order valence-electron chi connectivity index (χ3n) is 3.46. The first kappa shape index (κ1) is 14.5. The number of amides is 1. The minimum atomic E-state index is -0.0820. The first-order valence-electron chi connectivity index (χ1n) is 7.01. The van der Waals surface area contributed by atoms with Crippen molar-refractivity contribution in [3.05, 3.63) is 52.5 Å². The number of aryl methyl sites for hydroxylation is 2. The van der Waals surface area contributed by atoms with Crippen LogP contribution in [0.4, 0.5) is 5.69 Å². The molecule has 6 heteroatoms. The Labute approximate surface area is 132 Å². The number of hydrogen-bond acceptors (Lipinski definition) is 4. The van der Waals surface area contributed by atoms with E-state index in [2.05, 4.69) is 15.5 Å². The van der Waals surface area contributed by atoms with Crippen molar-refractivity contribution in [1.82, 2.24) is 14.8 Å². The van der Waals surface area contributed by atoms with Gasteiger partial charge in [0.15, 0.2) is 5.82 Å². The van der Waals surface area contributed by atoms with Gasteiger partial charge in [0.2, 0.25) is 0 Å². The van der Waals surface area contributed by atoms with E-state index in [1.807, 2.05) is 54.3 Å². The highest BCUT2D eigenvalue weighted by atomic mass is 32.1. The van der Waals surface area contributed by atoms with Crippen LogP contribution in [-0.2, 0) is 13.5 Å². The maximum Gasteiger partial charge on any atom is 0.266 e. The first-order valence-corrected chi connectivity index (χ1v) is 7.89. The predicted octanol–water partition coefficient (Wildman–Crippen LogP) is 3.36. The van der Waals surface area contributed by atoms with Crippen molar-refractivity contribution >= 4 is 22.9 Å². The van der Waals surface area contributed by atoms with E-state index in [0.29, 0.717) is 0 Å². The van der Waals surface area contributed by atoms with Gasteiger partial charge in [0.1, 0.15) is 6.33 Å². The summed E-state index contributed by atoms with van der Waals surface area (Å²) in [5.74, 6) is 0.638. The number of anilines is 1. The summed E-state index contributed by atoms with van der Waals surface area (Å²) in [4.78, 5) is 13.3. The molecule has 0 spiro atoms. The molecule has 2 aromatic heterocycles. The molecule has 3 aromatic rings. The van der Waals surface area contributed by atoms with Crippen LogP contribution in [0, 0.1) is 0 Å². The average molecular weight is 312 g/mol. The fourth-order valence-electron chi connectivity index (χ4n) is 2.31. The number of carbonyl (C=O) groups excluding carboxylic acids is 1. The van der Waals surface area contributed by atoms with E-state index < -0.39 is 0 Å². The molecule has 112 valence electrons. The van der Waals surface area contributed by atoms with Gasteiger partial charge in [-0.15, -0.1) is 21.5 Å². The Morgan fingerprint density at radius 1 is 1.32 bits per heavy atom. The molecule has 0 aliphatic rings. The zero-order chi connectivity index (χ0) is 15.5. The van der Waals surface area contributed by atoms with Crippen molar-refractivity contribution in [3.8, 4) is 11.4 Å². The molecule has 0 saturated heterocycles.